The van der Waals surface area contributed by atoms with Gasteiger partial charge in [-0.05, 0) is 43.4 Å². The summed E-state index contributed by atoms with van der Waals surface area (Å²) in [5.74, 6) is 0.0450. The van der Waals surface area contributed by atoms with Gasteiger partial charge in [0.1, 0.15) is 5.82 Å². The fraction of sp³-hybridized carbons (Fsp3) is 0.562. The Morgan fingerprint density at radius 2 is 1.95 bits per heavy atom. The molecule has 1 aromatic rings. The largest absolute Gasteiger partial charge is 0.388 e. The fourth-order valence-corrected chi connectivity index (χ4v) is 1.83. The van der Waals surface area contributed by atoms with Crippen LogP contribution < -0.4 is 5.32 Å². The third-order valence-corrected chi connectivity index (χ3v) is 3.20. The van der Waals surface area contributed by atoms with E-state index >= 15 is 0 Å². The van der Waals surface area contributed by atoms with Gasteiger partial charge in [0.25, 0.3) is 0 Å². The van der Waals surface area contributed by atoms with Crippen molar-refractivity contribution in [3.63, 3.8) is 0 Å². The first-order chi connectivity index (χ1) is 9.28. The van der Waals surface area contributed by atoms with Gasteiger partial charge in [0.15, 0.2) is 0 Å². The summed E-state index contributed by atoms with van der Waals surface area (Å²) in [5, 5.41) is 12.9. The van der Waals surface area contributed by atoms with E-state index < -0.39 is 5.60 Å². The number of benzene rings is 1. The Hall–Kier alpha value is -1.42. The fourth-order valence-electron chi connectivity index (χ4n) is 1.83. The molecule has 1 atom stereocenters. The summed E-state index contributed by atoms with van der Waals surface area (Å²) in [6, 6.07) is 5.85. The van der Waals surface area contributed by atoms with E-state index in [2.05, 4.69) is 19.2 Å². The summed E-state index contributed by atoms with van der Waals surface area (Å²) in [4.78, 5) is 11.8. The molecule has 0 saturated carbocycles. The van der Waals surface area contributed by atoms with Crippen molar-refractivity contribution in [3.8, 4) is 0 Å². The second-order valence-corrected chi connectivity index (χ2v) is 6.01. The number of carbonyl (C=O) groups is 1. The van der Waals surface area contributed by atoms with E-state index in [4.69, 9.17) is 0 Å². The van der Waals surface area contributed by atoms with E-state index in [1.807, 2.05) is 0 Å². The molecule has 1 unspecified atom stereocenters. The van der Waals surface area contributed by atoms with Crippen molar-refractivity contribution in [3.05, 3.63) is 35.6 Å². The molecular weight excluding hydrogens is 257 g/mol. The first-order valence-corrected chi connectivity index (χ1v) is 7.02. The molecule has 0 aliphatic rings. The van der Waals surface area contributed by atoms with Crippen LogP contribution in [-0.4, -0.2) is 23.2 Å². The van der Waals surface area contributed by atoms with Crippen LogP contribution >= 0.6 is 0 Å². The summed E-state index contributed by atoms with van der Waals surface area (Å²) in [5.41, 5.74) is -0.131. The molecule has 0 bridgehead atoms. The second-order valence-electron chi connectivity index (χ2n) is 6.01. The zero-order valence-electron chi connectivity index (χ0n) is 12.4. The Bertz CT molecular complexity index is 427. The lowest BCUT2D eigenvalue weighted by Crippen LogP contribution is -2.41. The molecule has 112 valence electrons. The summed E-state index contributed by atoms with van der Waals surface area (Å²) in [6.07, 6.45) is 1.77. The number of hydrogen-bond donors (Lipinski definition) is 2. The lowest BCUT2D eigenvalue weighted by Gasteiger charge is -2.24. The first kappa shape index (κ1) is 16.6. The van der Waals surface area contributed by atoms with Crippen molar-refractivity contribution in [1.29, 1.82) is 0 Å². The highest BCUT2D eigenvalue weighted by Gasteiger charge is 2.21. The van der Waals surface area contributed by atoms with Crippen molar-refractivity contribution < 1.29 is 14.3 Å². The van der Waals surface area contributed by atoms with Crippen molar-refractivity contribution in [2.45, 2.75) is 45.6 Å². The summed E-state index contributed by atoms with van der Waals surface area (Å²) >= 11 is 0. The zero-order valence-corrected chi connectivity index (χ0v) is 12.4. The average molecular weight is 281 g/mol. The molecule has 4 heteroatoms. The standard InChI is InChI=1S/C16H24FNO2/c1-12(2)8-9-16(3,20)11-18-15(19)10-13-4-6-14(17)7-5-13/h4-7,12,20H,8-11H2,1-3H3,(H,18,19). The topological polar surface area (TPSA) is 49.3 Å². The average Bonchev–Trinajstić information content (AvgIpc) is 2.37. The van der Waals surface area contributed by atoms with Gasteiger partial charge >= 0.3 is 0 Å². The molecule has 1 aromatic carbocycles. The quantitative estimate of drug-likeness (QED) is 0.807. The third-order valence-electron chi connectivity index (χ3n) is 3.20. The molecule has 0 fully saturated rings. The predicted octanol–water partition coefficient (Wildman–Crippen LogP) is 2.67. The summed E-state index contributed by atoms with van der Waals surface area (Å²) in [6.45, 7) is 6.17. The molecule has 2 N–H and O–H groups in total. The summed E-state index contributed by atoms with van der Waals surface area (Å²) in [7, 11) is 0. The lowest BCUT2D eigenvalue weighted by atomic mass is 9.95. The number of rotatable bonds is 7. The van der Waals surface area contributed by atoms with Crippen LogP contribution in [0.3, 0.4) is 0 Å². The molecule has 0 saturated heterocycles. The van der Waals surface area contributed by atoms with Gasteiger partial charge in [-0.15, -0.1) is 0 Å². The van der Waals surface area contributed by atoms with Gasteiger partial charge in [-0.2, -0.15) is 0 Å². The number of carbonyl (C=O) groups excluding carboxylic acids is 1. The van der Waals surface area contributed by atoms with Crippen molar-refractivity contribution in [2.24, 2.45) is 5.92 Å². The number of hydrogen-bond acceptors (Lipinski definition) is 2. The van der Waals surface area contributed by atoms with E-state index in [0.717, 1.165) is 12.0 Å². The molecule has 0 aliphatic heterocycles. The van der Waals surface area contributed by atoms with E-state index in [0.29, 0.717) is 12.3 Å². The first-order valence-electron chi connectivity index (χ1n) is 7.02. The number of halogens is 1. The minimum Gasteiger partial charge on any atom is -0.388 e. The molecule has 3 nitrogen and oxygen atoms in total. The molecule has 0 aromatic heterocycles. The van der Waals surface area contributed by atoms with Gasteiger partial charge in [0.05, 0.1) is 12.0 Å². The van der Waals surface area contributed by atoms with Crippen molar-refractivity contribution in [2.75, 3.05) is 6.54 Å². The van der Waals surface area contributed by atoms with Crippen LogP contribution in [0.1, 0.15) is 39.2 Å². The van der Waals surface area contributed by atoms with Gasteiger partial charge in [-0.1, -0.05) is 26.0 Å². The molecular formula is C16H24FNO2. The maximum atomic E-state index is 12.7. The molecule has 0 heterocycles. The van der Waals surface area contributed by atoms with Crippen molar-refractivity contribution in [1.82, 2.24) is 5.32 Å². The molecule has 0 radical (unpaired) electrons. The Morgan fingerprint density at radius 3 is 2.50 bits per heavy atom. The Morgan fingerprint density at radius 1 is 1.35 bits per heavy atom. The van der Waals surface area contributed by atoms with Gasteiger partial charge in [-0.3, -0.25) is 4.79 Å². The highest BCUT2D eigenvalue weighted by molar-refractivity contribution is 5.78. The lowest BCUT2D eigenvalue weighted by molar-refractivity contribution is -0.121. The third kappa shape index (κ3) is 6.66. The van der Waals surface area contributed by atoms with Gasteiger partial charge in [0.2, 0.25) is 5.91 Å². The van der Waals surface area contributed by atoms with Gasteiger partial charge in [0, 0.05) is 6.54 Å². The number of amides is 1. The maximum Gasteiger partial charge on any atom is 0.224 e. The van der Waals surface area contributed by atoms with Crippen LogP contribution in [0.15, 0.2) is 24.3 Å². The van der Waals surface area contributed by atoms with E-state index in [-0.39, 0.29) is 24.7 Å². The normalized spacial score (nSPS) is 14.1. The van der Waals surface area contributed by atoms with Gasteiger partial charge < -0.3 is 10.4 Å². The van der Waals surface area contributed by atoms with Crippen LogP contribution in [0.5, 0.6) is 0 Å². The highest BCUT2D eigenvalue weighted by atomic mass is 19.1. The number of aliphatic hydroxyl groups is 1. The van der Waals surface area contributed by atoms with Crippen LogP contribution in [-0.2, 0) is 11.2 Å². The van der Waals surface area contributed by atoms with Crippen LogP contribution in [0.4, 0.5) is 4.39 Å². The molecule has 1 amide bonds. The minimum atomic E-state index is -0.886. The molecule has 1 rings (SSSR count). The SMILES string of the molecule is CC(C)CCC(C)(O)CNC(=O)Cc1ccc(F)cc1. The molecule has 20 heavy (non-hydrogen) atoms. The van der Waals surface area contributed by atoms with Crippen LogP contribution in [0.25, 0.3) is 0 Å². The molecule has 0 spiro atoms. The Balaban J connectivity index is 2.37. The summed E-state index contributed by atoms with van der Waals surface area (Å²) < 4.78 is 12.7. The highest BCUT2D eigenvalue weighted by Crippen LogP contribution is 2.15. The van der Waals surface area contributed by atoms with E-state index in [1.54, 1.807) is 19.1 Å². The Kier molecular flexibility index (Phi) is 6.14. The van der Waals surface area contributed by atoms with Gasteiger partial charge in [-0.25, -0.2) is 4.39 Å². The second kappa shape index (κ2) is 7.39. The zero-order chi connectivity index (χ0) is 15.2. The number of nitrogens with one attached hydrogen (secondary N) is 1. The molecule has 0 aliphatic carbocycles. The van der Waals surface area contributed by atoms with E-state index in [1.165, 1.54) is 12.1 Å². The smallest absolute Gasteiger partial charge is 0.224 e. The monoisotopic (exact) mass is 281 g/mol. The predicted molar refractivity (Wildman–Crippen MR) is 77.8 cm³/mol. The van der Waals surface area contributed by atoms with E-state index in [9.17, 15) is 14.3 Å². The van der Waals surface area contributed by atoms with Crippen LogP contribution in [0, 0.1) is 11.7 Å². The minimum absolute atomic E-state index is 0.165. The van der Waals surface area contributed by atoms with Crippen molar-refractivity contribution >= 4 is 5.91 Å². The Labute approximate surface area is 120 Å². The maximum absolute atomic E-state index is 12.7. The van der Waals surface area contributed by atoms with Crippen LogP contribution in [0.2, 0.25) is 0 Å².